The third-order valence-electron chi connectivity index (χ3n) is 3.18. The van der Waals surface area contributed by atoms with Crippen LogP contribution < -0.4 is 0 Å². The van der Waals surface area contributed by atoms with E-state index in [9.17, 15) is 9.59 Å². The van der Waals surface area contributed by atoms with E-state index in [0.29, 0.717) is 6.42 Å². The molecule has 2 aliphatic rings. The number of rotatable bonds is 0. The molecule has 0 aromatic carbocycles. The van der Waals surface area contributed by atoms with Gasteiger partial charge < -0.3 is 4.74 Å². The van der Waals surface area contributed by atoms with Crippen molar-refractivity contribution >= 4 is 12.0 Å². The molecule has 1 fully saturated rings. The Hall–Kier alpha value is -1.58. The second kappa shape index (κ2) is 3.97. The zero-order valence-electron chi connectivity index (χ0n) is 11.3. The number of hydrogen-bond donors (Lipinski definition) is 0. The number of hydrogen-bond acceptors (Lipinski definition) is 3. The number of imide groups is 1. The number of fused-ring (bicyclic) bond motifs is 1. The molecule has 0 spiro atoms. The van der Waals surface area contributed by atoms with Crippen molar-refractivity contribution in [2.45, 2.75) is 46.1 Å². The fraction of sp³-hybridized carbons (Fsp3) is 0.571. The summed E-state index contributed by atoms with van der Waals surface area (Å²) in [5.41, 5.74) is -0.103. The van der Waals surface area contributed by atoms with Crippen LogP contribution >= 0.6 is 0 Å². The summed E-state index contributed by atoms with van der Waals surface area (Å²) in [5, 5.41) is 0. The molecule has 0 bridgehead atoms. The Bertz CT molecular complexity index is 456. The van der Waals surface area contributed by atoms with E-state index in [1.165, 1.54) is 4.90 Å². The summed E-state index contributed by atoms with van der Waals surface area (Å²) in [6, 6.07) is 0. The van der Waals surface area contributed by atoms with E-state index in [1.54, 1.807) is 20.8 Å². The predicted molar refractivity (Wildman–Crippen MR) is 67.6 cm³/mol. The maximum Gasteiger partial charge on any atom is 0.421 e. The summed E-state index contributed by atoms with van der Waals surface area (Å²) in [6.07, 6.45) is 6.31. The molecule has 1 atom stereocenters. The highest BCUT2D eigenvalue weighted by Crippen LogP contribution is 2.46. The van der Waals surface area contributed by atoms with E-state index in [4.69, 9.17) is 4.74 Å². The lowest BCUT2D eigenvalue weighted by atomic mass is 9.80. The van der Waals surface area contributed by atoms with Gasteiger partial charge in [-0.2, -0.15) is 0 Å². The summed E-state index contributed by atoms with van der Waals surface area (Å²) in [7, 11) is 0. The van der Waals surface area contributed by atoms with E-state index < -0.39 is 11.7 Å². The van der Waals surface area contributed by atoms with Crippen LogP contribution in [0.5, 0.6) is 0 Å². The third kappa shape index (κ3) is 2.19. The molecule has 0 aromatic rings. The smallest absolute Gasteiger partial charge is 0.421 e. The fourth-order valence-corrected chi connectivity index (χ4v) is 2.36. The van der Waals surface area contributed by atoms with Crippen LogP contribution in [-0.2, 0) is 9.53 Å². The molecule has 2 amide bonds. The molecule has 0 N–H and O–H groups in total. The average molecular weight is 249 g/mol. The number of carbonyl (C=O) groups excluding carboxylic acids is 2. The summed E-state index contributed by atoms with van der Waals surface area (Å²) in [4.78, 5) is 25.3. The van der Waals surface area contributed by atoms with Gasteiger partial charge in [-0.1, -0.05) is 19.1 Å². The first kappa shape index (κ1) is 12.9. The number of likely N-dealkylation sites (tertiary alicyclic amines) is 1. The Kier molecular flexibility index (Phi) is 2.84. The summed E-state index contributed by atoms with van der Waals surface area (Å²) in [6.45, 7) is 7.38. The molecule has 4 heteroatoms. The normalized spacial score (nSPS) is 27.0. The van der Waals surface area contributed by atoms with Crippen molar-refractivity contribution in [3.63, 3.8) is 0 Å². The second-order valence-electron chi connectivity index (χ2n) is 6.13. The Morgan fingerprint density at radius 2 is 2.11 bits per heavy atom. The maximum atomic E-state index is 12.1. The van der Waals surface area contributed by atoms with E-state index in [0.717, 1.165) is 12.1 Å². The van der Waals surface area contributed by atoms with Gasteiger partial charge in [0, 0.05) is 17.5 Å². The van der Waals surface area contributed by atoms with Gasteiger partial charge in [0.15, 0.2) is 0 Å². The molecule has 1 heterocycles. The number of nitrogens with zero attached hydrogens (tertiary/aromatic N) is 1. The lowest BCUT2D eigenvalue weighted by molar-refractivity contribution is -0.126. The first-order valence-electron chi connectivity index (χ1n) is 6.16. The lowest BCUT2D eigenvalue weighted by Crippen LogP contribution is -2.37. The molecule has 0 saturated carbocycles. The summed E-state index contributed by atoms with van der Waals surface area (Å²) in [5.74, 6) is -0.179. The Balaban J connectivity index is 2.28. The van der Waals surface area contributed by atoms with Crippen LogP contribution in [0.25, 0.3) is 0 Å². The van der Waals surface area contributed by atoms with Crippen molar-refractivity contribution in [1.29, 1.82) is 0 Å². The van der Waals surface area contributed by atoms with Crippen molar-refractivity contribution in [3.8, 4) is 0 Å². The van der Waals surface area contributed by atoms with E-state index in [1.807, 2.05) is 25.2 Å². The van der Waals surface area contributed by atoms with Crippen LogP contribution in [0.1, 0.15) is 40.5 Å². The maximum absolute atomic E-state index is 12.1. The Morgan fingerprint density at radius 1 is 1.44 bits per heavy atom. The molecular weight excluding hydrogens is 230 g/mol. The minimum absolute atomic E-state index is 0.179. The quantitative estimate of drug-likeness (QED) is 0.663. The standard InChI is InChI=1S/C14H19NO3/c1-13(2,3)18-12(17)15-10-7-5-6-8-14(10,4)9-11(15)16/h5-7H,8-9H2,1-4H3. The van der Waals surface area contributed by atoms with Crippen LogP contribution in [0.15, 0.2) is 23.9 Å². The van der Waals surface area contributed by atoms with Crippen LogP contribution in [0, 0.1) is 5.41 Å². The van der Waals surface area contributed by atoms with Gasteiger partial charge >= 0.3 is 6.09 Å². The molecule has 1 aliphatic heterocycles. The largest absolute Gasteiger partial charge is 0.443 e. The number of ether oxygens (including phenoxy) is 1. The fourth-order valence-electron chi connectivity index (χ4n) is 2.36. The van der Waals surface area contributed by atoms with Crippen molar-refractivity contribution in [2.24, 2.45) is 5.41 Å². The highest BCUT2D eigenvalue weighted by molar-refractivity contribution is 5.97. The molecule has 98 valence electrons. The first-order chi connectivity index (χ1) is 8.23. The highest BCUT2D eigenvalue weighted by atomic mass is 16.6. The molecule has 2 rings (SSSR count). The monoisotopic (exact) mass is 249 g/mol. The Labute approximate surface area is 107 Å². The average Bonchev–Trinajstić information content (AvgIpc) is 2.45. The van der Waals surface area contributed by atoms with Gasteiger partial charge in [0.25, 0.3) is 0 Å². The van der Waals surface area contributed by atoms with Gasteiger partial charge in [0.1, 0.15) is 5.60 Å². The number of carbonyl (C=O) groups is 2. The first-order valence-corrected chi connectivity index (χ1v) is 6.16. The van der Waals surface area contributed by atoms with Crippen molar-refractivity contribution < 1.29 is 14.3 Å². The summed E-state index contributed by atoms with van der Waals surface area (Å²) < 4.78 is 5.29. The number of allylic oxidation sites excluding steroid dienone is 4. The van der Waals surface area contributed by atoms with Crippen LogP contribution in [0.4, 0.5) is 4.79 Å². The highest BCUT2D eigenvalue weighted by Gasteiger charge is 2.48. The Morgan fingerprint density at radius 3 is 2.72 bits per heavy atom. The molecular formula is C14H19NO3. The topological polar surface area (TPSA) is 46.6 Å². The van der Waals surface area contributed by atoms with E-state index in [-0.39, 0.29) is 11.3 Å². The molecule has 1 aliphatic carbocycles. The predicted octanol–water partition coefficient (Wildman–Crippen LogP) is 3.00. The van der Waals surface area contributed by atoms with Gasteiger partial charge in [0.2, 0.25) is 5.91 Å². The van der Waals surface area contributed by atoms with Crippen LogP contribution in [0.2, 0.25) is 0 Å². The van der Waals surface area contributed by atoms with E-state index >= 15 is 0 Å². The van der Waals surface area contributed by atoms with Crippen molar-refractivity contribution in [1.82, 2.24) is 4.90 Å². The van der Waals surface area contributed by atoms with Gasteiger partial charge in [0.05, 0.1) is 0 Å². The van der Waals surface area contributed by atoms with Gasteiger partial charge in [-0.15, -0.1) is 0 Å². The van der Waals surface area contributed by atoms with Crippen LogP contribution in [-0.4, -0.2) is 22.5 Å². The van der Waals surface area contributed by atoms with Gasteiger partial charge in [-0.25, -0.2) is 9.69 Å². The SMILES string of the molecule is CC(C)(C)OC(=O)N1C(=O)CC2(C)CC=CC=C12. The zero-order valence-corrected chi connectivity index (χ0v) is 11.3. The van der Waals surface area contributed by atoms with Gasteiger partial charge in [-0.05, 0) is 33.3 Å². The second-order valence-corrected chi connectivity index (χ2v) is 6.13. The van der Waals surface area contributed by atoms with Crippen LogP contribution in [0.3, 0.4) is 0 Å². The van der Waals surface area contributed by atoms with Gasteiger partial charge in [-0.3, -0.25) is 4.79 Å². The minimum Gasteiger partial charge on any atom is -0.443 e. The van der Waals surface area contributed by atoms with Crippen molar-refractivity contribution in [2.75, 3.05) is 0 Å². The molecule has 4 nitrogen and oxygen atoms in total. The third-order valence-corrected chi connectivity index (χ3v) is 3.18. The molecule has 1 saturated heterocycles. The molecule has 0 aromatic heterocycles. The molecule has 0 radical (unpaired) electrons. The van der Waals surface area contributed by atoms with E-state index in [2.05, 4.69) is 0 Å². The summed E-state index contributed by atoms with van der Waals surface area (Å²) >= 11 is 0. The minimum atomic E-state index is -0.596. The molecule has 18 heavy (non-hydrogen) atoms. The lowest BCUT2D eigenvalue weighted by Gasteiger charge is -2.29. The van der Waals surface area contributed by atoms with Crippen molar-refractivity contribution in [3.05, 3.63) is 23.9 Å². The molecule has 1 unspecified atom stereocenters. The zero-order chi connectivity index (χ0) is 13.6. The number of amides is 2.